The third-order valence-electron chi connectivity index (χ3n) is 18.9. The number of aromatic amines is 2. The van der Waals surface area contributed by atoms with Crippen LogP contribution in [-0.2, 0) is 6.42 Å². The molecule has 3 aromatic heterocycles. The van der Waals surface area contributed by atoms with Gasteiger partial charge >= 0.3 is 0 Å². The van der Waals surface area contributed by atoms with Gasteiger partial charge in [0.15, 0.2) is 0 Å². The van der Waals surface area contributed by atoms with Gasteiger partial charge in [-0.25, -0.2) is 9.97 Å². The second-order valence-corrected chi connectivity index (χ2v) is 37.3. The molecule has 457 valence electrons. The van der Waals surface area contributed by atoms with Gasteiger partial charge in [-0.3, -0.25) is 0 Å². The molecule has 0 spiro atoms. The lowest BCUT2D eigenvalue weighted by molar-refractivity contribution is 0.668. The molecular formula is C78H108N5Si3. The van der Waals surface area contributed by atoms with Crippen LogP contribution in [0.15, 0.2) is 66.7 Å². The van der Waals surface area contributed by atoms with E-state index in [2.05, 4.69) is 179 Å². The van der Waals surface area contributed by atoms with Crippen molar-refractivity contribution in [3.63, 3.8) is 0 Å². The largest absolute Gasteiger partial charge is 0.355 e. The lowest BCUT2D eigenvalue weighted by Crippen LogP contribution is -2.47. The van der Waals surface area contributed by atoms with E-state index in [1.165, 1.54) is 201 Å². The molecule has 2 aliphatic heterocycles. The molecule has 0 aliphatic carbocycles. The van der Waals surface area contributed by atoms with Crippen molar-refractivity contribution in [1.29, 1.82) is 5.26 Å². The van der Waals surface area contributed by atoms with Gasteiger partial charge in [-0.05, 0) is 66.5 Å². The highest BCUT2D eigenvalue weighted by atomic mass is 28.3. The first-order valence-corrected chi connectivity index (χ1v) is 42.4. The molecule has 8 bridgehead atoms. The molecule has 2 N–H and O–H groups in total. The Bertz CT molecular complexity index is 3260. The number of nitrogens with zero attached hydrogens (tertiary/aromatic N) is 3. The number of aromatic nitrogens is 4. The van der Waals surface area contributed by atoms with Crippen molar-refractivity contribution < 1.29 is 0 Å². The summed E-state index contributed by atoms with van der Waals surface area (Å²) in [5.74, 6) is 6.89. The normalized spacial score (nSPS) is 12.2. The predicted molar refractivity (Wildman–Crippen MR) is 385 cm³/mol. The zero-order chi connectivity index (χ0) is 61.0. The predicted octanol–water partition coefficient (Wildman–Crippen LogP) is 22.3. The Morgan fingerprint density at radius 1 is 0.477 bits per heavy atom. The second kappa shape index (κ2) is 35.9. The number of terminal acetylenes is 1. The van der Waals surface area contributed by atoms with Crippen molar-refractivity contribution in [3.8, 4) is 52.1 Å². The van der Waals surface area contributed by atoms with Gasteiger partial charge in [-0.1, -0.05) is 316 Å². The third-order valence-corrected chi connectivity index (χ3v) is 30.4. The Morgan fingerprint density at radius 2 is 0.895 bits per heavy atom. The van der Waals surface area contributed by atoms with Crippen molar-refractivity contribution in [1.82, 2.24) is 19.9 Å². The quantitative estimate of drug-likeness (QED) is 0.0231. The molecule has 1 radical (unpaired) electrons. The molecule has 0 unspecified atom stereocenters. The van der Waals surface area contributed by atoms with Crippen LogP contribution in [0.5, 0.6) is 0 Å². The highest BCUT2D eigenvalue weighted by molar-refractivity contribution is 6.92. The molecular weight excluding hydrogens is 1090 g/mol. The van der Waals surface area contributed by atoms with Crippen molar-refractivity contribution in [2.75, 3.05) is 0 Å². The van der Waals surface area contributed by atoms with Gasteiger partial charge in [0.2, 0.25) is 0 Å². The number of fused-ring (bicyclic) bond motifs is 8. The van der Waals surface area contributed by atoms with E-state index in [-0.39, 0.29) is 0 Å². The molecule has 86 heavy (non-hydrogen) atoms. The minimum atomic E-state index is -1.97. The maximum Gasteiger partial charge on any atom is 0.138 e. The second-order valence-electron chi connectivity index (χ2n) is 25.8. The first-order chi connectivity index (χ1) is 42.1. The van der Waals surface area contributed by atoms with Crippen LogP contribution in [0.1, 0.15) is 248 Å². The number of benzene rings is 2. The Hall–Kier alpha value is -5.70. The van der Waals surface area contributed by atoms with Gasteiger partial charge in [-0.2, -0.15) is 5.26 Å². The average Bonchev–Trinajstić information content (AvgIpc) is 1.72. The molecule has 0 atom stereocenters. The number of unbranched alkanes of at least 4 members (excludes halogenated alkanes) is 19. The van der Waals surface area contributed by atoms with Crippen molar-refractivity contribution in [2.24, 2.45) is 0 Å². The molecule has 8 heteroatoms. The summed E-state index contributed by atoms with van der Waals surface area (Å²) < 4.78 is 0. The van der Waals surface area contributed by atoms with E-state index in [9.17, 15) is 5.26 Å². The summed E-state index contributed by atoms with van der Waals surface area (Å²) in [7, 11) is -4.82. The van der Waals surface area contributed by atoms with Gasteiger partial charge < -0.3 is 9.97 Å². The number of nitrogens with one attached hydrogen (secondary N) is 2. The Kier molecular flexibility index (Phi) is 28.3. The van der Waals surface area contributed by atoms with Gasteiger partial charge in [0.05, 0.1) is 56.1 Å². The summed E-state index contributed by atoms with van der Waals surface area (Å²) >= 11 is 0. The highest BCUT2D eigenvalue weighted by Crippen LogP contribution is 2.39. The van der Waals surface area contributed by atoms with E-state index in [4.69, 9.17) is 16.4 Å². The monoisotopic (exact) mass is 1200 g/mol. The topological polar surface area (TPSA) is 81.1 Å². The molecule has 0 amide bonds. The number of hydrogen-bond donors (Lipinski definition) is 2. The van der Waals surface area contributed by atoms with Crippen molar-refractivity contribution in [2.45, 2.75) is 264 Å². The van der Waals surface area contributed by atoms with Crippen molar-refractivity contribution in [3.05, 3.63) is 106 Å². The Labute approximate surface area is 526 Å². The Balaban J connectivity index is 1.55. The first-order valence-electron chi connectivity index (χ1n) is 34.7. The summed E-state index contributed by atoms with van der Waals surface area (Å²) in [6.45, 7) is 18.6. The minimum Gasteiger partial charge on any atom is -0.355 e. The highest BCUT2D eigenvalue weighted by Gasteiger charge is 2.36. The van der Waals surface area contributed by atoms with Crippen LogP contribution in [0.2, 0.25) is 49.4 Å². The van der Waals surface area contributed by atoms with E-state index < -0.39 is 24.9 Å². The van der Waals surface area contributed by atoms with Crippen molar-refractivity contribution >= 4 is 81.7 Å². The maximum atomic E-state index is 10.1. The van der Waals surface area contributed by atoms with Crippen LogP contribution in [0.25, 0.3) is 68.6 Å². The van der Waals surface area contributed by atoms with E-state index >= 15 is 0 Å². The summed E-state index contributed by atoms with van der Waals surface area (Å²) in [4.78, 5) is 19.3. The van der Waals surface area contributed by atoms with E-state index in [0.29, 0.717) is 18.4 Å². The lowest BCUT2D eigenvalue weighted by atomic mass is 10.0. The molecule has 2 aliphatic rings. The lowest BCUT2D eigenvalue weighted by Gasteiger charge is -2.34. The van der Waals surface area contributed by atoms with Crippen LogP contribution in [0.3, 0.4) is 0 Å². The fourth-order valence-electron chi connectivity index (χ4n) is 14.0. The summed E-state index contributed by atoms with van der Waals surface area (Å²) in [5.41, 5.74) is 18.4. The zero-order valence-corrected chi connectivity index (χ0v) is 57.9. The number of rotatable bonds is 37. The standard InChI is InChI=1S/C78H108N5Si3/c1-10-17-23-31-53-85(54-32-24-18-11-2,55-33-25-19-12-3)65-41-37-39-62(59-65)76-72-47-44-69(80-72)67(16-7)70-45-48-74(81-70)77(75-61-64(50-52-84(8)9)78(83-75)68(43-29-30-51-79)71-46-49-73(76)82-71)63-40-38-42-66(60-63)86(56-34-26-20-13-4,57-35-27-21-14-5)58-36-28-22-15-6/h7,37-42,44-49,59-61,82-83H,10-15,17-36,43,53-58H2,1-6,8-9H3. The van der Waals surface area contributed by atoms with Gasteiger partial charge in [0.25, 0.3) is 0 Å². The SMILES string of the molecule is C#Cc1c2nc(c(-c3cccc([Si](CCCCCC)(CCCCCC)CCCCCC)c3)c3ccc([nH]3)c(CCCC#N)c3[nH]c(cc3C#C[Si](C)C)c(-c3cccc([Si](CCCCCC)(CCCCCC)CCCCCC)c3)c3nc1C=C3)C=C2. The molecule has 2 aromatic carbocycles. The fourth-order valence-corrected chi connectivity index (χ4v) is 25.0. The molecule has 5 heterocycles. The molecule has 0 fully saturated rings. The molecule has 5 aromatic rings. The van der Waals surface area contributed by atoms with Crippen LogP contribution < -0.4 is 10.4 Å². The first kappa shape index (κ1) is 67.8. The van der Waals surface area contributed by atoms with Crippen LogP contribution >= 0.6 is 0 Å². The number of hydrogen-bond acceptors (Lipinski definition) is 3. The van der Waals surface area contributed by atoms with E-state index in [1.807, 2.05) is 0 Å². The van der Waals surface area contributed by atoms with E-state index in [0.717, 1.165) is 73.5 Å². The molecule has 0 saturated heterocycles. The summed E-state index contributed by atoms with van der Waals surface area (Å²) in [6.07, 6.45) is 48.4. The van der Waals surface area contributed by atoms with Crippen LogP contribution in [-0.4, -0.2) is 44.9 Å². The number of nitriles is 1. The number of aryl methyl sites for hydroxylation is 1. The van der Waals surface area contributed by atoms with Gasteiger partial charge in [-0.15, -0.1) is 12.0 Å². The fraction of sp³-hybridized carbons (Fsp3) is 0.526. The summed E-state index contributed by atoms with van der Waals surface area (Å²) in [6, 6.07) is 37.1. The minimum absolute atomic E-state index is 0.466. The molecule has 5 nitrogen and oxygen atoms in total. The van der Waals surface area contributed by atoms with Crippen LogP contribution in [0.4, 0.5) is 0 Å². The average molecular weight is 1200 g/mol. The van der Waals surface area contributed by atoms with Crippen LogP contribution in [0, 0.1) is 35.1 Å². The Morgan fingerprint density at radius 3 is 1.30 bits per heavy atom. The van der Waals surface area contributed by atoms with Gasteiger partial charge in [0, 0.05) is 45.2 Å². The smallest absolute Gasteiger partial charge is 0.138 e. The number of H-pyrrole nitrogens is 2. The molecule has 7 rings (SSSR count). The summed E-state index contributed by atoms with van der Waals surface area (Å²) in [5, 5.41) is 13.3. The molecule has 0 saturated carbocycles. The van der Waals surface area contributed by atoms with Gasteiger partial charge in [0.1, 0.15) is 8.80 Å². The maximum absolute atomic E-state index is 10.1. The third kappa shape index (κ3) is 18.4. The van der Waals surface area contributed by atoms with E-state index in [1.54, 1.807) is 10.4 Å². The zero-order valence-electron chi connectivity index (χ0n) is 54.9.